The zero-order chi connectivity index (χ0) is 8.39. The Kier molecular flexibility index (Phi) is 1.93. The number of hydrogen-bond donors (Lipinski definition) is 1. The fourth-order valence-corrected chi connectivity index (χ4v) is 1.68. The summed E-state index contributed by atoms with van der Waals surface area (Å²) in [6, 6.07) is 1.99. The minimum atomic E-state index is 0.418. The Balaban J connectivity index is 2.46. The van der Waals surface area contributed by atoms with Gasteiger partial charge in [-0.3, -0.25) is 0 Å². The molecular weight excluding hydrogens is 172 g/mol. The van der Waals surface area contributed by atoms with E-state index < -0.39 is 0 Å². The van der Waals surface area contributed by atoms with Gasteiger partial charge in [0.25, 0.3) is 0 Å². The van der Waals surface area contributed by atoms with Crippen LogP contribution in [0.4, 0.5) is 0 Å². The highest BCUT2D eigenvalue weighted by Gasteiger charge is 2.08. The number of aromatic nitrogens is 1. The quantitative estimate of drug-likeness (QED) is 0.767. The average Bonchev–Trinajstić information content (AvgIpc) is 2.74. The molecule has 0 spiro atoms. The van der Waals surface area contributed by atoms with Gasteiger partial charge in [0.2, 0.25) is 0 Å². The molecule has 0 aliphatic heterocycles. The largest absolute Gasteiger partial charge is 0.443 e. The molecule has 0 amide bonds. The van der Waals surface area contributed by atoms with E-state index in [2.05, 4.69) is 4.98 Å². The van der Waals surface area contributed by atoms with Crippen LogP contribution in [0.2, 0.25) is 0 Å². The summed E-state index contributed by atoms with van der Waals surface area (Å²) in [6.07, 6.45) is 1.43. The van der Waals surface area contributed by atoms with E-state index in [0.717, 1.165) is 17.0 Å². The van der Waals surface area contributed by atoms with Crippen LogP contribution in [0.1, 0.15) is 5.69 Å². The number of oxazole rings is 1. The highest BCUT2D eigenvalue weighted by Crippen LogP contribution is 2.24. The summed E-state index contributed by atoms with van der Waals surface area (Å²) >= 11 is 1.63. The third-order valence-electron chi connectivity index (χ3n) is 1.62. The first-order chi connectivity index (χ1) is 5.92. The third kappa shape index (κ3) is 1.15. The van der Waals surface area contributed by atoms with Gasteiger partial charge >= 0.3 is 0 Å². The zero-order valence-electron chi connectivity index (χ0n) is 6.36. The second kappa shape index (κ2) is 3.08. The summed E-state index contributed by atoms with van der Waals surface area (Å²) in [6.45, 7) is 0.418. The van der Waals surface area contributed by atoms with E-state index in [4.69, 9.17) is 10.2 Å². The lowest BCUT2D eigenvalue weighted by Gasteiger charge is -1.92. The van der Waals surface area contributed by atoms with Crippen LogP contribution in [0, 0.1) is 0 Å². The molecule has 12 heavy (non-hydrogen) atoms. The maximum atomic E-state index is 5.48. The normalized spacial score (nSPS) is 10.4. The van der Waals surface area contributed by atoms with Crippen LogP contribution in [0.25, 0.3) is 11.3 Å². The van der Waals surface area contributed by atoms with Crippen LogP contribution in [0.3, 0.4) is 0 Å². The molecule has 0 fully saturated rings. The van der Waals surface area contributed by atoms with Gasteiger partial charge in [0.15, 0.2) is 12.2 Å². The minimum Gasteiger partial charge on any atom is -0.443 e. The summed E-state index contributed by atoms with van der Waals surface area (Å²) in [7, 11) is 0. The Morgan fingerprint density at radius 1 is 1.58 bits per heavy atom. The Morgan fingerprint density at radius 3 is 3.17 bits per heavy atom. The van der Waals surface area contributed by atoms with Crippen molar-refractivity contribution < 1.29 is 4.42 Å². The summed E-state index contributed by atoms with van der Waals surface area (Å²) in [4.78, 5) is 4.00. The molecular formula is C8H8N2OS. The standard InChI is InChI=1S/C8H8N2OS/c9-3-7-8(11-5-10-7)6-1-2-12-4-6/h1-2,4-5H,3,9H2. The SMILES string of the molecule is NCc1ncoc1-c1ccsc1. The van der Waals surface area contributed by atoms with Gasteiger partial charge in [0.1, 0.15) is 5.69 Å². The molecule has 0 radical (unpaired) electrons. The van der Waals surface area contributed by atoms with Crippen molar-refractivity contribution in [1.82, 2.24) is 4.98 Å². The Morgan fingerprint density at radius 2 is 2.50 bits per heavy atom. The van der Waals surface area contributed by atoms with Gasteiger partial charge in [-0.05, 0) is 11.4 Å². The molecule has 4 heteroatoms. The molecule has 0 saturated heterocycles. The first kappa shape index (κ1) is 7.52. The lowest BCUT2D eigenvalue weighted by atomic mass is 10.2. The van der Waals surface area contributed by atoms with Gasteiger partial charge in [-0.1, -0.05) is 0 Å². The topological polar surface area (TPSA) is 52.0 Å². The Hall–Kier alpha value is -1.13. The first-order valence-electron chi connectivity index (χ1n) is 3.57. The van der Waals surface area contributed by atoms with E-state index in [0.29, 0.717) is 6.54 Å². The predicted molar refractivity (Wildman–Crippen MR) is 47.7 cm³/mol. The van der Waals surface area contributed by atoms with E-state index in [1.54, 1.807) is 11.3 Å². The number of hydrogen-bond acceptors (Lipinski definition) is 4. The van der Waals surface area contributed by atoms with Crippen molar-refractivity contribution in [3.8, 4) is 11.3 Å². The van der Waals surface area contributed by atoms with Crippen molar-refractivity contribution in [3.05, 3.63) is 28.9 Å². The van der Waals surface area contributed by atoms with Gasteiger partial charge in [-0.15, -0.1) is 0 Å². The molecule has 62 valence electrons. The summed E-state index contributed by atoms with van der Waals surface area (Å²) in [5.41, 5.74) is 7.35. The van der Waals surface area contributed by atoms with Crippen molar-refractivity contribution in [1.29, 1.82) is 0 Å². The predicted octanol–water partition coefficient (Wildman–Crippen LogP) is 1.86. The van der Waals surface area contributed by atoms with Crippen molar-refractivity contribution in [2.75, 3.05) is 0 Å². The summed E-state index contributed by atoms with van der Waals surface area (Å²) in [5.74, 6) is 0.791. The summed E-state index contributed by atoms with van der Waals surface area (Å²) < 4.78 is 5.22. The number of nitrogens with zero attached hydrogens (tertiary/aromatic N) is 1. The molecule has 2 N–H and O–H groups in total. The molecule has 2 rings (SSSR count). The second-order valence-electron chi connectivity index (χ2n) is 2.34. The highest BCUT2D eigenvalue weighted by molar-refractivity contribution is 7.08. The van der Waals surface area contributed by atoms with E-state index in [1.165, 1.54) is 6.39 Å². The lowest BCUT2D eigenvalue weighted by molar-refractivity contribution is 0.571. The average molecular weight is 180 g/mol. The van der Waals surface area contributed by atoms with E-state index in [9.17, 15) is 0 Å². The fourth-order valence-electron chi connectivity index (χ4n) is 1.04. The van der Waals surface area contributed by atoms with Gasteiger partial charge in [0.05, 0.1) is 0 Å². The zero-order valence-corrected chi connectivity index (χ0v) is 7.17. The Bertz CT molecular complexity index is 353. The molecule has 0 aliphatic rings. The number of rotatable bonds is 2. The molecule has 0 saturated carbocycles. The maximum Gasteiger partial charge on any atom is 0.181 e. The van der Waals surface area contributed by atoms with Crippen LogP contribution < -0.4 is 5.73 Å². The molecule has 0 atom stereocenters. The Labute approximate surface area is 73.8 Å². The van der Waals surface area contributed by atoms with Crippen LogP contribution in [0.15, 0.2) is 27.6 Å². The van der Waals surface area contributed by atoms with E-state index in [-0.39, 0.29) is 0 Å². The minimum absolute atomic E-state index is 0.418. The smallest absolute Gasteiger partial charge is 0.181 e. The maximum absolute atomic E-state index is 5.48. The number of nitrogens with two attached hydrogens (primary N) is 1. The van der Waals surface area contributed by atoms with Gasteiger partial charge in [-0.2, -0.15) is 11.3 Å². The molecule has 0 bridgehead atoms. The van der Waals surface area contributed by atoms with Crippen molar-refractivity contribution in [2.24, 2.45) is 5.73 Å². The highest BCUT2D eigenvalue weighted by atomic mass is 32.1. The monoisotopic (exact) mass is 180 g/mol. The summed E-state index contributed by atoms with van der Waals surface area (Å²) in [5, 5.41) is 4.01. The van der Waals surface area contributed by atoms with Crippen molar-refractivity contribution >= 4 is 11.3 Å². The van der Waals surface area contributed by atoms with Gasteiger partial charge in [0, 0.05) is 17.5 Å². The van der Waals surface area contributed by atoms with Crippen LogP contribution >= 0.6 is 11.3 Å². The third-order valence-corrected chi connectivity index (χ3v) is 2.30. The second-order valence-corrected chi connectivity index (χ2v) is 3.12. The van der Waals surface area contributed by atoms with Crippen LogP contribution in [-0.2, 0) is 6.54 Å². The van der Waals surface area contributed by atoms with Crippen LogP contribution in [0.5, 0.6) is 0 Å². The van der Waals surface area contributed by atoms with E-state index in [1.807, 2.05) is 16.8 Å². The van der Waals surface area contributed by atoms with Gasteiger partial charge < -0.3 is 10.2 Å². The molecule has 0 aliphatic carbocycles. The van der Waals surface area contributed by atoms with Gasteiger partial charge in [-0.25, -0.2) is 4.98 Å². The first-order valence-corrected chi connectivity index (χ1v) is 4.51. The molecule has 3 nitrogen and oxygen atoms in total. The van der Waals surface area contributed by atoms with Crippen molar-refractivity contribution in [3.63, 3.8) is 0 Å². The molecule has 2 aromatic rings. The fraction of sp³-hybridized carbons (Fsp3) is 0.125. The molecule has 2 heterocycles. The molecule has 0 aromatic carbocycles. The number of thiophene rings is 1. The van der Waals surface area contributed by atoms with E-state index >= 15 is 0 Å². The molecule has 0 unspecified atom stereocenters. The lowest BCUT2D eigenvalue weighted by Crippen LogP contribution is -1.97. The molecule has 2 aromatic heterocycles. The van der Waals surface area contributed by atoms with Crippen LogP contribution in [-0.4, -0.2) is 4.98 Å². The van der Waals surface area contributed by atoms with Crippen molar-refractivity contribution in [2.45, 2.75) is 6.54 Å².